The maximum Gasteiger partial charge on any atom is 0.191 e. The summed E-state index contributed by atoms with van der Waals surface area (Å²) in [6.07, 6.45) is 0.0597. The Morgan fingerprint density at radius 1 is 1.23 bits per heavy atom. The third-order valence-corrected chi connectivity index (χ3v) is 4.27. The fraction of sp³-hybridized carbons (Fsp3) is 0.353. The van der Waals surface area contributed by atoms with Crippen molar-refractivity contribution in [2.24, 2.45) is 4.99 Å². The zero-order chi connectivity index (χ0) is 15.8. The van der Waals surface area contributed by atoms with E-state index in [0.717, 1.165) is 18.3 Å². The van der Waals surface area contributed by atoms with E-state index < -0.39 is 0 Å². The first-order valence-corrected chi connectivity index (χ1v) is 8.26. The molecule has 4 nitrogen and oxygen atoms in total. The van der Waals surface area contributed by atoms with Gasteiger partial charge in [-0.2, -0.15) is 0 Å². The number of nitrogens with one attached hydrogen (secondary N) is 2. The van der Waals surface area contributed by atoms with Gasteiger partial charge < -0.3 is 15.4 Å². The lowest BCUT2D eigenvalue weighted by molar-refractivity contribution is 0.224. The second-order valence-electron chi connectivity index (χ2n) is 5.07. The van der Waals surface area contributed by atoms with Crippen molar-refractivity contribution in [2.45, 2.75) is 26.5 Å². The number of hydrogen-bond acceptors (Lipinski definition) is 3. The fourth-order valence-corrected chi connectivity index (χ4v) is 2.83. The van der Waals surface area contributed by atoms with Gasteiger partial charge in [0.05, 0.1) is 13.1 Å². The third-order valence-electron chi connectivity index (χ3n) is 3.25. The molecule has 0 amide bonds. The molecular formula is C17H23N3OS. The van der Waals surface area contributed by atoms with Crippen LogP contribution in [0.3, 0.4) is 0 Å². The number of thiophene rings is 1. The van der Waals surface area contributed by atoms with E-state index in [1.807, 2.05) is 37.3 Å². The molecule has 5 heteroatoms. The monoisotopic (exact) mass is 317 g/mol. The van der Waals surface area contributed by atoms with E-state index in [4.69, 9.17) is 4.74 Å². The highest BCUT2D eigenvalue weighted by atomic mass is 32.1. The summed E-state index contributed by atoms with van der Waals surface area (Å²) < 4.78 is 5.84. The van der Waals surface area contributed by atoms with Crippen LogP contribution in [-0.2, 0) is 6.54 Å². The second-order valence-corrected chi connectivity index (χ2v) is 6.08. The molecule has 0 aliphatic heterocycles. The number of benzene rings is 1. The highest BCUT2D eigenvalue weighted by molar-refractivity contribution is 7.10. The molecule has 0 fully saturated rings. The lowest BCUT2D eigenvalue weighted by Crippen LogP contribution is -2.41. The van der Waals surface area contributed by atoms with Crippen molar-refractivity contribution in [1.29, 1.82) is 0 Å². The van der Waals surface area contributed by atoms with Crippen LogP contribution in [0.4, 0.5) is 0 Å². The Labute approximate surface area is 136 Å². The van der Waals surface area contributed by atoms with Crippen LogP contribution in [0.25, 0.3) is 0 Å². The van der Waals surface area contributed by atoms with E-state index >= 15 is 0 Å². The summed E-state index contributed by atoms with van der Waals surface area (Å²) in [5.74, 6) is 1.67. The maximum absolute atomic E-state index is 5.84. The Morgan fingerprint density at radius 2 is 2.00 bits per heavy atom. The van der Waals surface area contributed by atoms with Gasteiger partial charge in [-0.05, 0) is 43.0 Å². The number of guanidine groups is 1. The van der Waals surface area contributed by atoms with Gasteiger partial charge in [0.25, 0.3) is 0 Å². The molecule has 1 atom stereocenters. The predicted molar refractivity (Wildman–Crippen MR) is 93.8 cm³/mol. The van der Waals surface area contributed by atoms with Gasteiger partial charge in [-0.25, -0.2) is 0 Å². The standard InChI is InChI=1S/C17H23N3OS/c1-13-9-10-22-16(13)12-20-17(18-3)19-11-14(2)21-15-7-5-4-6-8-15/h4-10,14H,11-12H2,1-3H3,(H2,18,19,20). The third kappa shape index (κ3) is 5.07. The summed E-state index contributed by atoms with van der Waals surface area (Å²) >= 11 is 1.76. The SMILES string of the molecule is CN=C(NCc1sccc1C)NCC(C)Oc1ccccc1. The molecule has 1 heterocycles. The quantitative estimate of drug-likeness (QED) is 0.635. The van der Waals surface area contributed by atoms with Crippen LogP contribution in [0.1, 0.15) is 17.4 Å². The van der Waals surface area contributed by atoms with Crippen molar-refractivity contribution >= 4 is 17.3 Å². The van der Waals surface area contributed by atoms with Gasteiger partial charge in [-0.15, -0.1) is 11.3 Å². The van der Waals surface area contributed by atoms with Crippen LogP contribution in [0.2, 0.25) is 0 Å². The molecule has 2 N–H and O–H groups in total. The van der Waals surface area contributed by atoms with E-state index in [2.05, 4.69) is 34.0 Å². The number of hydrogen-bond donors (Lipinski definition) is 2. The number of nitrogens with zero attached hydrogens (tertiary/aromatic N) is 1. The van der Waals surface area contributed by atoms with Crippen LogP contribution in [-0.4, -0.2) is 25.7 Å². The van der Waals surface area contributed by atoms with Crippen LogP contribution in [0.5, 0.6) is 5.75 Å². The molecule has 2 rings (SSSR count). The average molecular weight is 317 g/mol. The van der Waals surface area contributed by atoms with Crippen molar-refractivity contribution in [1.82, 2.24) is 10.6 Å². The van der Waals surface area contributed by atoms with Gasteiger partial charge in [0.15, 0.2) is 5.96 Å². The molecule has 0 aliphatic rings. The van der Waals surface area contributed by atoms with Gasteiger partial charge in [-0.1, -0.05) is 18.2 Å². The van der Waals surface area contributed by atoms with E-state index in [0.29, 0.717) is 6.54 Å². The van der Waals surface area contributed by atoms with Crippen molar-refractivity contribution in [3.63, 3.8) is 0 Å². The molecule has 0 aliphatic carbocycles. The smallest absolute Gasteiger partial charge is 0.191 e. The van der Waals surface area contributed by atoms with E-state index in [1.54, 1.807) is 18.4 Å². The van der Waals surface area contributed by atoms with Crippen LogP contribution in [0, 0.1) is 6.92 Å². The lowest BCUT2D eigenvalue weighted by Gasteiger charge is -2.17. The van der Waals surface area contributed by atoms with Gasteiger partial charge in [0, 0.05) is 11.9 Å². The van der Waals surface area contributed by atoms with Gasteiger partial charge in [0.2, 0.25) is 0 Å². The van der Waals surface area contributed by atoms with Crippen molar-refractivity contribution in [3.05, 3.63) is 52.2 Å². The zero-order valence-corrected chi connectivity index (χ0v) is 14.1. The normalized spacial score (nSPS) is 12.8. The summed E-state index contributed by atoms with van der Waals surface area (Å²) in [5, 5.41) is 8.72. The summed E-state index contributed by atoms with van der Waals surface area (Å²) in [4.78, 5) is 5.57. The molecule has 2 aromatic rings. The van der Waals surface area contributed by atoms with Gasteiger partial charge >= 0.3 is 0 Å². The molecule has 0 bridgehead atoms. The fourth-order valence-electron chi connectivity index (χ4n) is 1.98. The Morgan fingerprint density at radius 3 is 2.64 bits per heavy atom. The predicted octanol–water partition coefficient (Wildman–Crippen LogP) is 3.19. The van der Waals surface area contributed by atoms with Crippen LogP contribution in [0.15, 0.2) is 46.8 Å². The summed E-state index contributed by atoms with van der Waals surface area (Å²) in [6, 6.07) is 12.0. The average Bonchev–Trinajstić information content (AvgIpc) is 2.94. The maximum atomic E-state index is 5.84. The Hall–Kier alpha value is -2.01. The minimum absolute atomic E-state index is 0.0597. The van der Waals surface area contributed by atoms with Crippen LogP contribution < -0.4 is 15.4 Å². The highest BCUT2D eigenvalue weighted by Crippen LogP contribution is 2.14. The summed E-state index contributed by atoms with van der Waals surface area (Å²) in [5.41, 5.74) is 1.31. The molecule has 1 aromatic carbocycles. The first kappa shape index (κ1) is 16.4. The van der Waals surface area contributed by atoms with E-state index in [-0.39, 0.29) is 6.10 Å². The molecule has 118 valence electrons. The molecule has 1 unspecified atom stereocenters. The molecule has 0 spiro atoms. The largest absolute Gasteiger partial charge is 0.489 e. The zero-order valence-electron chi connectivity index (χ0n) is 13.3. The first-order chi connectivity index (χ1) is 10.7. The minimum atomic E-state index is 0.0597. The van der Waals surface area contributed by atoms with E-state index in [9.17, 15) is 0 Å². The number of rotatable bonds is 6. The molecule has 0 saturated heterocycles. The molecule has 0 saturated carbocycles. The Kier molecular flexibility index (Phi) is 6.27. The summed E-state index contributed by atoms with van der Waals surface area (Å²) in [7, 11) is 1.78. The number of aryl methyl sites for hydroxylation is 1. The van der Waals surface area contributed by atoms with Crippen molar-refractivity contribution < 1.29 is 4.74 Å². The number of aliphatic imine (C=N–C) groups is 1. The van der Waals surface area contributed by atoms with Gasteiger partial charge in [0.1, 0.15) is 11.9 Å². The summed E-state index contributed by atoms with van der Waals surface area (Å²) in [6.45, 7) is 5.64. The molecule has 1 aromatic heterocycles. The second kappa shape index (κ2) is 8.44. The Balaban J connectivity index is 1.75. The number of para-hydroxylation sites is 1. The molecular weight excluding hydrogens is 294 g/mol. The first-order valence-electron chi connectivity index (χ1n) is 7.38. The van der Waals surface area contributed by atoms with Crippen molar-refractivity contribution in [3.8, 4) is 5.75 Å². The Bertz CT molecular complexity index is 595. The van der Waals surface area contributed by atoms with Gasteiger partial charge in [-0.3, -0.25) is 4.99 Å². The lowest BCUT2D eigenvalue weighted by atomic mass is 10.3. The molecule has 0 radical (unpaired) electrons. The van der Waals surface area contributed by atoms with Crippen LogP contribution >= 0.6 is 11.3 Å². The molecule has 22 heavy (non-hydrogen) atoms. The van der Waals surface area contributed by atoms with Crippen molar-refractivity contribution in [2.75, 3.05) is 13.6 Å². The number of ether oxygens (including phenoxy) is 1. The van der Waals surface area contributed by atoms with E-state index in [1.165, 1.54) is 10.4 Å². The minimum Gasteiger partial charge on any atom is -0.489 e. The topological polar surface area (TPSA) is 45.7 Å². The highest BCUT2D eigenvalue weighted by Gasteiger charge is 2.06.